The summed E-state index contributed by atoms with van der Waals surface area (Å²) < 4.78 is 18.2. The van der Waals surface area contributed by atoms with E-state index in [9.17, 15) is 9.18 Å². The molecule has 1 aromatic carbocycles. The van der Waals surface area contributed by atoms with Gasteiger partial charge in [-0.2, -0.15) is 0 Å². The molecule has 0 aliphatic carbocycles. The number of ketones is 1. The lowest BCUT2D eigenvalue weighted by Gasteiger charge is -2.08. The van der Waals surface area contributed by atoms with Crippen molar-refractivity contribution in [2.24, 2.45) is 0 Å². The van der Waals surface area contributed by atoms with Gasteiger partial charge in [0, 0.05) is 18.0 Å². The topological polar surface area (TPSA) is 39.2 Å². The Bertz CT molecular complexity index is 601. The summed E-state index contributed by atoms with van der Waals surface area (Å²) in [6.07, 6.45) is 2.81. The normalized spacial score (nSPS) is 10.2. The fraction of sp³-hybridized carbons (Fsp3) is 0.0769. The van der Waals surface area contributed by atoms with Crippen LogP contribution in [-0.2, 0) is 0 Å². The van der Waals surface area contributed by atoms with E-state index in [1.54, 1.807) is 0 Å². The van der Waals surface area contributed by atoms with Crippen LogP contribution in [0, 0.1) is 5.82 Å². The summed E-state index contributed by atoms with van der Waals surface area (Å²) in [4.78, 5) is 16.0. The van der Waals surface area contributed by atoms with Crippen molar-refractivity contribution in [2.45, 2.75) is 0 Å². The Morgan fingerprint density at radius 1 is 1.33 bits per heavy atom. The predicted molar refractivity (Wildman–Crippen MR) is 65.6 cm³/mol. The fourth-order valence-corrected chi connectivity index (χ4v) is 1.77. The Hall–Kier alpha value is -1.94. The summed E-state index contributed by atoms with van der Waals surface area (Å²) in [5.41, 5.74) is 0.390. The van der Waals surface area contributed by atoms with Crippen LogP contribution in [0.2, 0.25) is 5.02 Å². The van der Waals surface area contributed by atoms with Crippen LogP contribution in [0.25, 0.3) is 0 Å². The summed E-state index contributed by atoms with van der Waals surface area (Å²) in [5.74, 6) is -0.614. The van der Waals surface area contributed by atoms with E-state index in [2.05, 4.69) is 4.98 Å². The Labute approximate surface area is 108 Å². The molecule has 2 rings (SSSR count). The first-order chi connectivity index (χ1) is 8.63. The predicted octanol–water partition coefficient (Wildman–Crippen LogP) is 3.11. The van der Waals surface area contributed by atoms with E-state index in [1.807, 2.05) is 0 Å². The van der Waals surface area contributed by atoms with E-state index < -0.39 is 11.6 Å². The van der Waals surface area contributed by atoms with Crippen LogP contribution in [0.3, 0.4) is 0 Å². The fourth-order valence-electron chi connectivity index (χ4n) is 1.56. The second kappa shape index (κ2) is 5.14. The van der Waals surface area contributed by atoms with Crippen LogP contribution < -0.4 is 4.74 Å². The highest BCUT2D eigenvalue weighted by atomic mass is 35.5. The molecule has 92 valence electrons. The van der Waals surface area contributed by atoms with Crippen molar-refractivity contribution in [1.82, 2.24) is 4.98 Å². The Morgan fingerprint density at radius 2 is 2.11 bits per heavy atom. The van der Waals surface area contributed by atoms with Gasteiger partial charge in [-0.05, 0) is 24.3 Å². The smallest absolute Gasteiger partial charge is 0.198 e. The third kappa shape index (κ3) is 2.33. The minimum Gasteiger partial charge on any atom is -0.496 e. The van der Waals surface area contributed by atoms with Gasteiger partial charge in [-0.15, -0.1) is 0 Å². The lowest BCUT2D eigenvalue weighted by atomic mass is 10.0. The zero-order valence-electron chi connectivity index (χ0n) is 9.48. The second-order valence-electron chi connectivity index (χ2n) is 3.53. The average Bonchev–Trinajstić information content (AvgIpc) is 2.38. The molecule has 0 aliphatic rings. The Balaban J connectivity index is 2.52. The van der Waals surface area contributed by atoms with Crippen LogP contribution in [-0.4, -0.2) is 17.9 Å². The highest BCUT2D eigenvalue weighted by Crippen LogP contribution is 2.25. The molecule has 0 radical (unpaired) electrons. The maximum absolute atomic E-state index is 13.2. The van der Waals surface area contributed by atoms with Crippen LogP contribution in [0.1, 0.15) is 15.9 Å². The van der Waals surface area contributed by atoms with E-state index in [-0.39, 0.29) is 16.1 Å². The molecule has 0 aliphatic heterocycles. The number of hydrogen-bond donors (Lipinski definition) is 0. The van der Waals surface area contributed by atoms with Gasteiger partial charge in [0.1, 0.15) is 11.6 Å². The first-order valence-corrected chi connectivity index (χ1v) is 5.49. The third-order valence-corrected chi connectivity index (χ3v) is 2.72. The third-order valence-electron chi connectivity index (χ3n) is 2.42. The Kier molecular flexibility index (Phi) is 3.58. The first kappa shape index (κ1) is 12.5. The maximum Gasteiger partial charge on any atom is 0.198 e. The average molecular weight is 266 g/mol. The molecule has 0 saturated heterocycles. The van der Waals surface area contributed by atoms with E-state index in [0.29, 0.717) is 5.75 Å². The number of ether oxygens (including phenoxy) is 1. The summed E-state index contributed by atoms with van der Waals surface area (Å²) in [5, 5.41) is 0.216. The SMILES string of the molecule is COc1ccc(F)cc1C(=O)c1ccncc1Cl. The minimum atomic E-state index is -0.510. The highest BCUT2D eigenvalue weighted by Gasteiger charge is 2.17. The molecule has 1 heterocycles. The molecular weight excluding hydrogens is 257 g/mol. The van der Waals surface area contributed by atoms with E-state index >= 15 is 0 Å². The van der Waals surface area contributed by atoms with E-state index in [0.717, 1.165) is 6.07 Å². The van der Waals surface area contributed by atoms with Crippen molar-refractivity contribution in [2.75, 3.05) is 7.11 Å². The largest absolute Gasteiger partial charge is 0.496 e. The maximum atomic E-state index is 13.2. The van der Waals surface area contributed by atoms with Crippen molar-refractivity contribution in [3.63, 3.8) is 0 Å². The number of nitrogens with zero attached hydrogens (tertiary/aromatic N) is 1. The molecule has 0 spiro atoms. The van der Waals surface area contributed by atoms with Crippen molar-refractivity contribution < 1.29 is 13.9 Å². The van der Waals surface area contributed by atoms with Gasteiger partial charge < -0.3 is 4.74 Å². The zero-order valence-corrected chi connectivity index (χ0v) is 10.2. The number of carbonyl (C=O) groups excluding carboxylic acids is 1. The second-order valence-corrected chi connectivity index (χ2v) is 3.94. The molecule has 0 saturated carbocycles. The standard InChI is InChI=1S/C13H9ClFNO2/c1-18-12-3-2-8(15)6-10(12)13(17)9-4-5-16-7-11(9)14/h2-7H,1H3. The minimum absolute atomic E-state index is 0.130. The van der Waals surface area contributed by atoms with Gasteiger partial charge >= 0.3 is 0 Å². The van der Waals surface area contributed by atoms with E-state index in [1.165, 1.54) is 37.7 Å². The number of rotatable bonds is 3. The van der Waals surface area contributed by atoms with Gasteiger partial charge in [0.05, 0.1) is 17.7 Å². The van der Waals surface area contributed by atoms with Crippen LogP contribution in [0.5, 0.6) is 5.75 Å². The molecule has 0 amide bonds. The summed E-state index contributed by atoms with van der Waals surface area (Å²) in [6.45, 7) is 0. The lowest BCUT2D eigenvalue weighted by Crippen LogP contribution is -2.05. The van der Waals surface area contributed by atoms with Crippen LogP contribution >= 0.6 is 11.6 Å². The lowest BCUT2D eigenvalue weighted by molar-refractivity contribution is 0.103. The van der Waals surface area contributed by atoms with Gasteiger partial charge in [0.2, 0.25) is 0 Å². The van der Waals surface area contributed by atoms with Gasteiger partial charge in [-0.3, -0.25) is 9.78 Å². The molecule has 5 heteroatoms. The molecule has 0 bridgehead atoms. The van der Waals surface area contributed by atoms with Crippen molar-refractivity contribution in [3.8, 4) is 5.75 Å². The summed E-state index contributed by atoms with van der Waals surface area (Å²) in [6, 6.07) is 5.23. The monoisotopic (exact) mass is 265 g/mol. The summed E-state index contributed by atoms with van der Waals surface area (Å²) in [7, 11) is 1.41. The van der Waals surface area contributed by atoms with Gasteiger partial charge in [-0.25, -0.2) is 4.39 Å². The van der Waals surface area contributed by atoms with E-state index in [4.69, 9.17) is 16.3 Å². The number of pyridine rings is 1. The molecule has 0 fully saturated rings. The van der Waals surface area contributed by atoms with Gasteiger partial charge in [-0.1, -0.05) is 11.6 Å². The number of aromatic nitrogens is 1. The molecule has 0 unspecified atom stereocenters. The molecule has 1 aromatic heterocycles. The quantitative estimate of drug-likeness (QED) is 0.801. The summed E-state index contributed by atoms with van der Waals surface area (Å²) >= 11 is 5.89. The van der Waals surface area contributed by atoms with Crippen LogP contribution in [0.4, 0.5) is 4.39 Å². The van der Waals surface area contributed by atoms with Gasteiger partial charge in [0.15, 0.2) is 5.78 Å². The van der Waals surface area contributed by atoms with Crippen molar-refractivity contribution in [3.05, 3.63) is 58.6 Å². The Morgan fingerprint density at radius 3 is 2.78 bits per heavy atom. The first-order valence-electron chi connectivity index (χ1n) is 5.11. The zero-order chi connectivity index (χ0) is 13.1. The molecule has 0 N–H and O–H groups in total. The van der Waals surface area contributed by atoms with Crippen LogP contribution in [0.15, 0.2) is 36.7 Å². The number of hydrogen-bond acceptors (Lipinski definition) is 3. The molecule has 0 atom stereocenters. The van der Waals surface area contributed by atoms with Crippen molar-refractivity contribution in [1.29, 1.82) is 0 Å². The number of methoxy groups -OCH3 is 1. The molecule has 3 nitrogen and oxygen atoms in total. The van der Waals surface area contributed by atoms with Crippen molar-refractivity contribution >= 4 is 17.4 Å². The molecule has 2 aromatic rings. The highest BCUT2D eigenvalue weighted by molar-refractivity contribution is 6.34. The number of carbonyl (C=O) groups is 1. The number of halogens is 2. The number of benzene rings is 1. The molecular formula is C13H9ClFNO2. The molecule has 18 heavy (non-hydrogen) atoms. The van der Waals surface area contributed by atoms with Gasteiger partial charge in [0.25, 0.3) is 0 Å².